The van der Waals surface area contributed by atoms with E-state index in [1.807, 2.05) is 11.6 Å². The van der Waals surface area contributed by atoms with E-state index in [0.717, 1.165) is 25.5 Å². The van der Waals surface area contributed by atoms with Crippen molar-refractivity contribution >= 4 is 11.6 Å². The Balaban J connectivity index is 1.91. The van der Waals surface area contributed by atoms with Gasteiger partial charge in [-0.3, -0.25) is 4.90 Å². The Kier molecular flexibility index (Phi) is 5.87. The number of likely N-dealkylation sites (tertiary alicyclic amines) is 1. The number of nitrogens with one attached hydrogen (secondary N) is 1. The molecule has 1 aliphatic heterocycles. The van der Waals surface area contributed by atoms with Crippen molar-refractivity contribution in [2.75, 3.05) is 19.6 Å². The van der Waals surface area contributed by atoms with E-state index in [9.17, 15) is 0 Å². The predicted molar refractivity (Wildman–Crippen MR) is 84.0 cm³/mol. The van der Waals surface area contributed by atoms with E-state index in [1.165, 1.54) is 25.8 Å². The highest BCUT2D eigenvalue weighted by Crippen LogP contribution is 2.20. The van der Waals surface area contributed by atoms with Crippen molar-refractivity contribution in [2.24, 2.45) is 13.0 Å². The van der Waals surface area contributed by atoms with Crippen molar-refractivity contribution in [3.05, 3.63) is 17.2 Å². The van der Waals surface area contributed by atoms with Gasteiger partial charge >= 0.3 is 0 Å². The fourth-order valence-corrected chi connectivity index (χ4v) is 2.94. The molecule has 1 aliphatic rings. The number of aromatic nitrogens is 2. The summed E-state index contributed by atoms with van der Waals surface area (Å²) in [5.41, 5.74) is 0. The molecule has 0 aromatic carbocycles. The molecular formula is C15H27ClN4. The Morgan fingerprint density at radius 2 is 2.25 bits per heavy atom. The first-order valence-corrected chi connectivity index (χ1v) is 8.06. The molecule has 0 spiro atoms. The van der Waals surface area contributed by atoms with Gasteiger partial charge in [-0.25, -0.2) is 4.98 Å². The van der Waals surface area contributed by atoms with Gasteiger partial charge in [0.05, 0.1) is 12.7 Å². The van der Waals surface area contributed by atoms with E-state index in [0.29, 0.717) is 17.1 Å². The molecule has 1 aromatic heterocycles. The van der Waals surface area contributed by atoms with Crippen molar-refractivity contribution in [2.45, 2.75) is 45.7 Å². The molecule has 0 amide bonds. The fraction of sp³-hybridized carbons (Fsp3) is 0.800. The van der Waals surface area contributed by atoms with Crippen LogP contribution in [0.3, 0.4) is 0 Å². The molecule has 0 aliphatic carbocycles. The zero-order valence-corrected chi connectivity index (χ0v) is 13.7. The van der Waals surface area contributed by atoms with Gasteiger partial charge in [-0.2, -0.15) is 0 Å². The van der Waals surface area contributed by atoms with Crippen LogP contribution in [0, 0.1) is 5.92 Å². The van der Waals surface area contributed by atoms with Crippen LogP contribution < -0.4 is 5.32 Å². The summed E-state index contributed by atoms with van der Waals surface area (Å²) in [5.74, 6) is 1.77. The molecule has 1 atom stereocenters. The average molecular weight is 299 g/mol. The normalized spacial score (nSPS) is 20.8. The Morgan fingerprint density at radius 3 is 2.90 bits per heavy atom. The standard InChI is InChI=1S/C15H27ClN4/c1-12(2)8-17-9-13-6-4-5-7-20(13)11-15-18-10-14(16)19(15)3/h10,12-13,17H,4-9,11H2,1-3H3. The summed E-state index contributed by atoms with van der Waals surface area (Å²) >= 11 is 6.07. The molecule has 1 aromatic rings. The van der Waals surface area contributed by atoms with Gasteiger partial charge in [-0.15, -0.1) is 0 Å². The van der Waals surface area contributed by atoms with Gasteiger partial charge < -0.3 is 9.88 Å². The highest BCUT2D eigenvalue weighted by Gasteiger charge is 2.23. The molecule has 0 radical (unpaired) electrons. The van der Waals surface area contributed by atoms with E-state index < -0.39 is 0 Å². The van der Waals surface area contributed by atoms with E-state index in [-0.39, 0.29) is 0 Å². The summed E-state index contributed by atoms with van der Waals surface area (Å²) in [6, 6.07) is 0.623. The molecular weight excluding hydrogens is 272 g/mol. The number of halogens is 1. The molecule has 0 bridgehead atoms. The second-order valence-electron chi connectivity index (χ2n) is 6.23. The molecule has 2 heterocycles. The molecule has 114 valence electrons. The minimum absolute atomic E-state index is 0.623. The maximum atomic E-state index is 6.07. The van der Waals surface area contributed by atoms with Crippen LogP contribution in [0.4, 0.5) is 0 Å². The summed E-state index contributed by atoms with van der Waals surface area (Å²) in [7, 11) is 1.99. The predicted octanol–water partition coefficient (Wildman–Crippen LogP) is 2.67. The minimum Gasteiger partial charge on any atom is -0.321 e. The van der Waals surface area contributed by atoms with Crippen LogP contribution in [0.25, 0.3) is 0 Å². The Bertz CT molecular complexity index is 416. The fourth-order valence-electron chi connectivity index (χ4n) is 2.79. The zero-order valence-electron chi connectivity index (χ0n) is 12.9. The lowest BCUT2D eigenvalue weighted by molar-refractivity contribution is 0.132. The maximum absolute atomic E-state index is 6.07. The summed E-state index contributed by atoms with van der Waals surface area (Å²) in [6.07, 6.45) is 5.65. The number of nitrogens with zero attached hydrogens (tertiary/aromatic N) is 3. The van der Waals surface area contributed by atoms with Gasteiger partial charge in [0.25, 0.3) is 0 Å². The third kappa shape index (κ3) is 4.21. The first kappa shape index (κ1) is 15.8. The number of hydrogen-bond donors (Lipinski definition) is 1. The number of piperidine rings is 1. The second kappa shape index (κ2) is 7.43. The van der Waals surface area contributed by atoms with Crippen LogP contribution in [-0.4, -0.2) is 40.1 Å². The van der Waals surface area contributed by atoms with Crippen LogP contribution in [-0.2, 0) is 13.6 Å². The molecule has 1 saturated heterocycles. The Hall–Kier alpha value is -0.580. The monoisotopic (exact) mass is 298 g/mol. The molecule has 5 heteroatoms. The van der Waals surface area contributed by atoms with Gasteiger partial charge in [0.1, 0.15) is 11.0 Å². The largest absolute Gasteiger partial charge is 0.321 e. The van der Waals surface area contributed by atoms with E-state index in [4.69, 9.17) is 11.6 Å². The summed E-state index contributed by atoms with van der Waals surface area (Å²) in [4.78, 5) is 6.97. The van der Waals surface area contributed by atoms with Gasteiger partial charge in [0, 0.05) is 19.6 Å². The number of rotatable bonds is 6. The summed E-state index contributed by atoms with van der Waals surface area (Å²) in [5, 5.41) is 4.31. The van der Waals surface area contributed by atoms with Crippen molar-refractivity contribution < 1.29 is 0 Å². The molecule has 20 heavy (non-hydrogen) atoms. The van der Waals surface area contributed by atoms with Crippen LogP contribution >= 0.6 is 11.6 Å². The van der Waals surface area contributed by atoms with E-state index in [1.54, 1.807) is 6.20 Å². The summed E-state index contributed by atoms with van der Waals surface area (Å²) in [6.45, 7) is 8.74. The second-order valence-corrected chi connectivity index (χ2v) is 6.62. The van der Waals surface area contributed by atoms with Crippen molar-refractivity contribution in [3.63, 3.8) is 0 Å². The van der Waals surface area contributed by atoms with Crippen LogP contribution in [0.5, 0.6) is 0 Å². The first-order valence-electron chi connectivity index (χ1n) is 7.68. The average Bonchev–Trinajstić information content (AvgIpc) is 2.72. The van der Waals surface area contributed by atoms with Crippen LogP contribution in [0.15, 0.2) is 6.20 Å². The van der Waals surface area contributed by atoms with Crippen molar-refractivity contribution in [1.82, 2.24) is 19.8 Å². The number of imidazole rings is 1. The van der Waals surface area contributed by atoms with E-state index >= 15 is 0 Å². The van der Waals surface area contributed by atoms with Crippen molar-refractivity contribution in [3.8, 4) is 0 Å². The lowest BCUT2D eigenvalue weighted by Gasteiger charge is -2.35. The smallest absolute Gasteiger partial charge is 0.128 e. The van der Waals surface area contributed by atoms with Gasteiger partial charge in [0.15, 0.2) is 0 Å². The first-order chi connectivity index (χ1) is 9.58. The zero-order chi connectivity index (χ0) is 14.5. The molecule has 4 nitrogen and oxygen atoms in total. The van der Waals surface area contributed by atoms with Crippen molar-refractivity contribution in [1.29, 1.82) is 0 Å². The molecule has 0 saturated carbocycles. The lowest BCUT2D eigenvalue weighted by Crippen LogP contribution is -2.45. The van der Waals surface area contributed by atoms with Crippen LogP contribution in [0.1, 0.15) is 38.9 Å². The third-order valence-corrected chi connectivity index (χ3v) is 4.40. The molecule has 1 fully saturated rings. The van der Waals surface area contributed by atoms with Gasteiger partial charge in [-0.05, 0) is 31.8 Å². The quantitative estimate of drug-likeness (QED) is 0.876. The Labute approximate surface area is 127 Å². The van der Waals surface area contributed by atoms with Gasteiger partial charge in [0.2, 0.25) is 0 Å². The maximum Gasteiger partial charge on any atom is 0.128 e. The minimum atomic E-state index is 0.623. The lowest BCUT2D eigenvalue weighted by atomic mass is 10.0. The molecule has 2 rings (SSSR count). The SMILES string of the molecule is CC(C)CNCC1CCCCN1Cc1ncc(Cl)n1C. The third-order valence-electron chi connectivity index (χ3n) is 4.05. The van der Waals surface area contributed by atoms with Gasteiger partial charge in [-0.1, -0.05) is 31.9 Å². The summed E-state index contributed by atoms with van der Waals surface area (Å²) < 4.78 is 1.98. The topological polar surface area (TPSA) is 33.1 Å². The Morgan fingerprint density at radius 1 is 1.45 bits per heavy atom. The van der Waals surface area contributed by atoms with E-state index in [2.05, 4.69) is 29.0 Å². The molecule has 1 N–H and O–H groups in total. The number of hydrogen-bond acceptors (Lipinski definition) is 3. The highest BCUT2D eigenvalue weighted by atomic mass is 35.5. The highest BCUT2D eigenvalue weighted by molar-refractivity contribution is 6.29. The molecule has 1 unspecified atom stereocenters. The van der Waals surface area contributed by atoms with Crippen LogP contribution in [0.2, 0.25) is 5.15 Å².